The average Bonchev–Trinajstić information content (AvgIpc) is 2.72. The van der Waals surface area contributed by atoms with E-state index in [1.54, 1.807) is 7.05 Å². The Bertz CT molecular complexity index is 732. The number of anilines is 1. The normalized spacial score (nSPS) is 20.5. The molecule has 0 aromatic carbocycles. The highest BCUT2D eigenvalue weighted by Crippen LogP contribution is 2.18. The van der Waals surface area contributed by atoms with Crippen LogP contribution < -0.4 is 16.5 Å². The number of aromatic nitrogens is 1. The molecule has 3 N–H and O–H groups in total. The SMILES string of the molecule is CC.CCn1ccc(NC2=NC(N)N(C)C(N3CCOCC3)=C2)cc1=NC. The van der Waals surface area contributed by atoms with Crippen molar-refractivity contribution in [3.8, 4) is 0 Å². The zero-order valence-electron chi connectivity index (χ0n) is 17.1. The second-order valence-electron chi connectivity index (χ2n) is 6.05. The number of amidine groups is 1. The van der Waals surface area contributed by atoms with E-state index >= 15 is 0 Å². The lowest BCUT2D eigenvalue weighted by atomic mass is 10.3. The van der Waals surface area contributed by atoms with Crippen LogP contribution in [0.2, 0.25) is 0 Å². The minimum Gasteiger partial charge on any atom is -0.378 e. The lowest BCUT2D eigenvalue weighted by Gasteiger charge is -2.39. The van der Waals surface area contributed by atoms with Gasteiger partial charge in [-0.3, -0.25) is 10.7 Å². The largest absolute Gasteiger partial charge is 0.378 e. The Balaban J connectivity index is 0.00000126. The third-order valence-corrected chi connectivity index (χ3v) is 4.49. The molecule has 1 aromatic rings. The molecular weight excluding hydrogens is 342 g/mol. The zero-order valence-corrected chi connectivity index (χ0v) is 17.1. The van der Waals surface area contributed by atoms with Gasteiger partial charge in [-0.2, -0.15) is 0 Å². The van der Waals surface area contributed by atoms with E-state index in [1.807, 2.05) is 50.2 Å². The van der Waals surface area contributed by atoms with E-state index in [1.165, 1.54) is 0 Å². The third kappa shape index (κ3) is 5.11. The molecule has 0 aliphatic carbocycles. The fourth-order valence-corrected chi connectivity index (χ4v) is 3.00. The fourth-order valence-electron chi connectivity index (χ4n) is 3.00. The minimum atomic E-state index is -0.412. The van der Waals surface area contributed by atoms with Gasteiger partial charge in [0.05, 0.1) is 13.2 Å². The maximum Gasteiger partial charge on any atom is 0.176 e. The van der Waals surface area contributed by atoms with Gasteiger partial charge in [-0.1, -0.05) is 13.8 Å². The van der Waals surface area contributed by atoms with Crippen molar-refractivity contribution >= 4 is 11.5 Å². The van der Waals surface area contributed by atoms with Gasteiger partial charge < -0.3 is 24.4 Å². The maximum atomic E-state index is 6.20. The highest BCUT2D eigenvalue weighted by atomic mass is 16.5. The van der Waals surface area contributed by atoms with Crippen molar-refractivity contribution in [2.24, 2.45) is 15.7 Å². The highest BCUT2D eigenvalue weighted by Gasteiger charge is 2.24. The number of rotatable bonds is 3. The fraction of sp³-hybridized carbons (Fsp3) is 0.579. The number of aryl methyl sites for hydroxylation is 1. The van der Waals surface area contributed by atoms with Crippen molar-refractivity contribution in [1.82, 2.24) is 14.4 Å². The number of hydrogen-bond donors (Lipinski definition) is 2. The molecule has 2 aliphatic rings. The molecule has 1 atom stereocenters. The minimum absolute atomic E-state index is 0.412. The monoisotopic (exact) mass is 375 g/mol. The molecule has 0 spiro atoms. The van der Waals surface area contributed by atoms with Crippen LogP contribution in [0.4, 0.5) is 5.69 Å². The number of nitrogens with two attached hydrogens (primary N) is 1. The van der Waals surface area contributed by atoms with Gasteiger partial charge in [-0.05, 0) is 13.0 Å². The van der Waals surface area contributed by atoms with Crippen LogP contribution in [-0.4, -0.2) is 66.9 Å². The molecule has 8 heteroatoms. The summed E-state index contributed by atoms with van der Waals surface area (Å²) in [6, 6.07) is 4.03. The van der Waals surface area contributed by atoms with Crippen LogP contribution in [0.5, 0.6) is 0 Å². The van der Waals surface area contributed by atoms with Gasteiger partial charge in [0.1, 0.15) is 17.1 Å². The van der Waals surface area contributed by atoms with E-state index in [0.717, 1.165) is 55.7 Å². The number of pyridine rings is 1. The number of hydrogen-bond acceptors (Lipinski definition) is 7. The van der Waals surface area contributed by atoms with Crippen molar-refractivity contribution < 1.29 is 4.74 Å². The molecule has 0 bridgehead atoms. The van der Waals surface area contributed by atoms with E-state index in [0.29, 0.717) is 0 Å². The smallest absolute Gasteiger partial charge is 0.176 e. The first kappa shape index (κ1) is 21.0. The van der Waals surface area contributed by atoms with Crippen molar-refractivity contribution in [2.75, 3.05) is 45.7 Å². The molecule has 0 radical (unpaired) electrons. The van der Waals surface area contributed by atoms with Crippen LogP contribution >= 0.6 is 0 Å². The molecule has 150 valence electrons. The molecule has 0 amide bonds. The van der Waals surface area contributed by atoms with Gasteiger partial charge in [0.2, 0.25) is 0 Å². The van der Waals surface area contributed by atoms with Crippen molar-refractivity contribution in [3.05, 3.63) is 35.7 Å². The summed E-state index contributed by atoms with van der Waals surface area (Å²) in [4.78, 5) is 13.1. The highest BCUT2D eigenvalue weighted by molar-refractivity contribution is 6.04. The standard InChI is InChI=1S/C17H27N7O.C2H6/c1-4-23-6-5-13(11-15(23)19-2)20-14-12-16(22(3)17(18)21-14)24-7-9-25-10-8-24;1-2/h5-6,11-12,17H,4,7-10,18H2,1-3H3,(H,20,21);1-2H3. The molecule has 3 heterocycles. The summed E-state index contributed by atoms with van der Waals surface area (Å²) in [6.07, 6.45) is 3.65. The third-order valence-electron chi connectivity index (χ3n) is 4.49. The number of ether oxygens (including phenoxy) is 1. The maximum absolute atomic E-state index is 6.20. The van der Waals surface area contributed by atoms with Gasteiger partial charge in [0.25, 0.3) is 0 Å². The summed E-state index contributed by atoms with van der Waals surface area (Å²) in [5.74, 6) is 1.82. The molecule has 2 aliphatic heterocycles. The van der Waals surface area contributed by atoms with Crippen molar-refractivity contribution in [1.29, 1.82) is 0 Å². The van der Waals surface area contributed by atoms with Crippen LogP contribution in [0, 0.1) is 0 Å². The van der Waals surface area contributed by atoms with E-state index in [2.05, 4.69) is 31.7 Å². The summed E-state index contributed by atoms with van der Waals surface area (Å²) in [5, 5.41) is 3.36. The number of nitrogens with one attached hydrogen (secondary N) is 1. The zero-order chi connectivity index (χ0) is 19.8. The lowest BCUT2D eigenvalue weighted by Crippen LogP contribution is -2.49. The second-order valence-corrected chi connectivity index (χ2v) is 6.05. The van der Waals surface area contributed by atoms with Crippen LogP contribution in [0.25, 0.3) is 0 Å². The average molecular weight is 376 g/mol. The van der Waals surface area contributed by atoms with Crippen molar-refractivity contribution in [2.45, 2.75) is 33.6 Å². The molecule has 1 unspecified atom stereocenters. The van der Waals surface area contributed by atoms with Gasteiger partial charge in [0.15, 0.2) is 6.29 Å². The topological polar surface area (TPSA) is 83.4 Å². The van der Waals surface area contributed by atoms with E-state index in [4.69, 9.17) is 10.5 Å². The Labute approximate surface area is 162 Å². The summed E-state index contributed by atoms with van der Waals surface area (Å²) < 4.78 is 7.53. The van der Waals surface area contributed by atoms with Crippen LogP contribution in [0.15, 0.2) is 40.2 Å². The van der Waals surface area contributed by atoms with Gasteiger partial charge >= 0.3 is 0 Å². The number of nitrogens with zero attached hydrogens (tertiary/aromatic N) is 5. The van der Waals surface area contributed by atoms with Gasteiger partial charge in [-0.25, -0.2) is 4.99 Å². The first-order chi connectivity index (χ1) is 13.1. The molecular formula is C19H33N7O. The summed E-state index contributed by atoms with van der Waals surface area (Å²) >= 11 is 0. The van der Waals surface area contributed by atoms with Crippen molar-refractivity contribution in [3.63, 3.8) is 0 Å². The van der Waals surface area contributed by atoms with Gasteiger partial charge in [-0.15, -0.1) is 0 Å². The van der Waals surface area contributed by atoms with Crippen LogP contribution in [-0.2, 0) is 11.3 Å². The predicted molar refractivity (Wildman–Crippen MR) is 110 cm³/mol. The quantitative estimate of drug-likeness (QED) is 0.830. The molecule has 3 rings (SSSR count). The van der Waals surface area contributed by atoms with E-state index in [9.17, 15) is 0 Å². The Morgan fingerprint density at radius 2 is 2.04 bits per heavy atom. The molecule has 1 fully saturated rings. The molecule has 1 saturated heterocycles. The molecule has 0 saturated carbocycles. The van der Waals surface area contributed by atoms with E-state index in [-0.39, 0.29) is 0 Å². The molecule has 1 aromatic heterocycles. The lowest BCUT2D eigenvalue weighted by molar-refractivity contribution is 0.0359. The Hall–Kier alpha value is -2.32. The summed E-state index contributed by atoms with van der Waals surface area (Å²) in [6.45, 7) is 10.2. The van der Waals surface area contributed by atoms with Crippen LogP contribution in [0.1, 0.15) is 20.8 Å². The Morgan fingerprint density at radius 1 is 1.33 bits per heavy atom. The number of morpholine rings is 1. The summed E-state index contributed by atoms with van der Waals surface area (Å²) in [5.41, 5.74) is 8.06. The second kappa shape index (κ2) is 10.1. The Kier molecular flexibility index (Phi) is 7.87. The molecule has 27 heavy (non-hydrogen) atoms. The van der Waals surface area contributed by atoms with Gasteiger partial charge in [0, 0.05) is 57.8 Å². The van der Waals surface area contributed by atoms with Crippen LogP contribution in [0.3, 0.4) is 0 Å². The predicted octanol–water partition coefficient (Wildman–Crippen LogP) is 1.24. The number of aliphatic imine (C=N–C) groups is 1. The molecule has 8 nitrogen and oxygen atoms in total. The first-order valence-corrected chi connectivity index (χ1v) is 9.63. The first-order valence-electron chi connectivity index (χ1n) is 9.63. The Morgan fingerprint density at radius 3 is 2.67 bits per heavy atom. The van der Waals surface area contributed by atoms with E-state index < -0.39 is 6.29 Å². The summed E-state index contributed by atoms with van der Waals surface area (Å²) in [7, 11) is 3.76.